The van der Waals surface area contributed by atoms with Crippen LogP contribution in [0, 0.1) is 0 Å². The lowest BCUT2D eigenvalue weighted by molar-refractivity contribution is 0.534. The highest BCUT2D eigenvalue weighted by Crippen LogP contribution is 1.99. The summed E-state index contributed by atoms with van der Waals surface area (Å²) in [6.07, 6.45) is 2.16. The van der Waals surface area contributed by atoms with Gasteiger partial charge in [-0.25, -0.2) is 9.90 Å². The number of aromatic amines is 1. The van der Waals surface area contributed by atoms with Crippen LogP contribution in [-0.2, 0) is 13.0 Å². The Hall–Kier alpha value is -1.84. The zero-order valence-corrected chi connectivity index (χ0v) is 7.68. The predicted molar refractivity (Wildman–Crippen MR) is 53.0 cm³/mol. The third-order valence-corrected chi connectivity index (χ3v) is 2.01. The fraction of sp³-hybridized carbons (Fsp3) is 0.200. The van der Waals surface area contributed by atoms with Crippen molar-refractivity contribution in [3.05, 3.63) is 52.4 Å². The normalized spacial score (nSPS) is 10.3. The van der Waals surface area contributed by atoms with Gasteiger partial charge in [0, 0.05) is 0 Å². The molecule has 0 amide bonds. The van der Waals surface area contributed by atoms with Gasteiger partial charge in [0.05, 0.1) is 6.54 Å². The smallest absolute Gasteiger partial charge is 0.266 e. The molecule has 0 saturated carbocycles. The minimum atomic E-state index is -0.155. The monoisotopic (exact) mass is 189 g/mol. The molecule has 1 aromatic heterocycles. The molecule has 0 bridgehead atoms. The molecular formula is C10H11N3O. The lowest BCUT2D eigenvalue weighted by Gasteiger charge is -2.00. The van der Waals surface area contributed by atoms with Crippen LogP contribution in [0.15, 0.2) is 41.3 Å². The average molecular weight is 189 g/mol. The Labute approximate surface area is 81.2 Å². The molecule has 0 fully saturated rings. The molecule has 1 heterocycles. The Morgan fingerprint density at radius 3 is 2.71 bits per heavy atom. The van der Waals surface area contributed by atoms with Crippen molar-refractivity contribution in [2.45, 2.75) is 13.0 Å². The molecule has 2 rings (SSSR count). The molecule has 2 aromatic rings. The summed E-state index contributed by atoms with van der Waals surface area (Å²) < 4.78 is 0. The van der Waals surface area contributed by atoms with Crippen LogP contribution in [0.25, 0.3) is 0 Å². The highest BCUT2D eigenvalue weighted by Gasteiger charge is 1.94. The summed E-state index contributed by atoms with van der Waals surface area (Å²) in [7, 11) is 0. The van der Waals surface area contributed by atoms with Crippen molar-refractivity contribution in [3.63, 3.8) is 0 Å². The number of benzene rings is 1. The van der Waals surface area contributed by atoms with E-state index in [9.17, 15) is 4.79 Å². The van der Waals surface area contributed by atoms with Gasteiger partial charge < -0.3 is 0 Å². The van der Waals surface area contributed by atoms with Gasteiger partial charge in [-0.1, -0.05) is 30.3 Å². The van der Waals surface area contributed by atoms with E-state index >= 15 is 0 Å². The zero-order chi connectivity index (χ0) is 9.80. The van der Waals surface area contributed by atoms with E-state index in [2.05, 4.69) is 22.3 Å². The highest BCUT2D eigenvalue weighted by molar-refractivity contribution is 5.14. The lowest BCUT2D eigenvalue weighted by Crippen LogP contribution is -2.08. The van der Waals surface area contributed by atoms with Gasteiger partial charge in [0.1, 0.15) is 6.20 Å². The predicted octanol–water partition coefficient (Wildman–Crippen LogP) is 0.814. The van der Waals surface area contributed by atoms with Crippen LogP contribution < -0.4 is 5.56 Å². The fourth-order valence-electron chi connectivity index (χ4n) is 1.30. The van der Waals surface area contributed by atoms with E-state index in [1.54, 1.807) is 4.80 Å². The van der Waals surface area contributed by atoms with Crippen LogP contribution in [0.3, 0.4) is 0 Å². The van der Waals surface area contributed by atoms with Crippen molar-refractivity contribution >= 4 is 0 Å². The summed E-state index contributed by atoms with van der Waals surface area (Å²) in [5.74, 6) is 0. The van der Waals surface area contributed by atoms with Crippen LogP contribution in [0.1, 0.15) is 5.56 Å². The summed E-state index contributed by atoms with van der Waals surface area (Å²) in [6.45, 7) is 0.701. The lowest BCUT2D eigenvalue weighted by atomic mass is 10.2. The van der Waals surface area contributed by atoms with E-state index in [-0.39, 0.29) is 5.56 Å². The first-order valence-corrected chi connectivity index (χ1v) is 4.51. The first-order valence-electron chi connectivity index (χ1n) is 4.51. The molecule has 0 aliphatic heterocycles. The third kappa shape index (κ3) is 2.10. The number of H-pyrrole nitrogens is 1. The van der Waals surface area contributed by atoms with Gasteiger partial charge in [-0.2, -0.15) is 5.10 Å². The van der Waals surface area contributed by atoms with Crippen molar-refractivity contribution in [2.24, 2.45) is 0 Å². The molecule has 0 spiro atoms. The zero-order valence-electron chi connectivity index (χ0n) is 7.68. The van der Waals surface area contributed by atoms with Gasteiger partial charge in [-0.05, 0) is 12.0 Å². The van der Waals surface area contributed by atoms with Gasteiger partial charge in [-0.3, -0.25) is 4.79 Å². The summed E-state index contributed by atoms with van der Waals surface area (Å²) in [5.41, 5.74) is 1.09. The van der Waals surface area contributed by atoms with Gasteiger partial charge in [-0.15, -0.1) is 0 Å². The second kappa shape index (κ2) is 3.91. The van der Waals surface area contributed by atoms with Crippen LogP contribution in [-0.4, -0.2) is 15.0 Å². The minimum absolute atomic E-state index is 0.155. The average Bonchev–Trinajstić information content (AvgIpc) is 2.63. The fourth-order valence-corrected chi connectivity index (χ4v) is 1.30. The number of hydrogen-bond donors (Lipinski definition) is 1. The van der Waals surface area contributed by atoms with Gasteiger partial charge >= 0.3 is 0 Å². The molecule has 14 heavy (non-hydrogen) atoms. The minimum Gasteiger partial charge on any atom is -0.266 e. The Morgan fingerprint density at radius 1 is 1.29 bits per heavy atom. The van der Waals surface area contributed by atoms with Crippen LogP contribution in [0.5, 0.6) is 0 Å². The highest BCUT2D eigenvalue weighted by atomic mass is 16.1. The number of rotatable bonds is 3. The van der Waals surface area contributed by atoms with E-state index in [1.165, 1.54) is 11.8 Å². The summed E-state index contributed by atoms with van der Waals surface area (Å²) in [4.78, 5) is 12.3. The summed E-state index contributed by atoms with van der Waals surface area (Å²) >= 11 is 0. The largest absolute Gasteiger partial charge is 0.284 e. The van der Waals surface area contributed by atoms with Crippen molar-refractivity contribution in [1.29, 1.82) is 0 Å². The summed E-state index contributed by atoms with van der Waals surface area (Å²) in [5, 5.41) is 6.48. The molecule has 0 atom stereocenters. The standard InChI is InChI=1S/C10H11N3O/c14-10-8-11-13(12-10)7-6-9-4-2-1-3-5-9/h1-5,8H,6-7H2,(H,12,14). The van der Waals surface area contributed by atoms with E-state index in [1.807, 2.05) is 18.2 Å². The SMILES string of the molecule is O=c1cnn(CCc2ccccc2)[nH]1. The van der Waals surface area contributed by atoms with Gasteiger partial charge in [0.15, 0.2) is 0 Å². The quantitative estimate of drug-likeness (QED) is 0.777. The second-order valence-corrected chi connectivity index (χ2v) is 3.08. The molecule has 0 aliphatic carbocycles. The van der Waals surface area contributed by atoms with Crippen molar-refractivity contribution in [2.75, 3.05) is 0 Å². The first-order chi connectivity index (χ1) is 6.84. The van der Waals surface area contributed by atoms with Crippen molar-refractivity contribution in [3.8, 4) is 0 Å². The van der Waals surface area contributed by atoms with Crippen molar-refractivity contribution < 1.29 is 0 Å². The van der Waals surface area contributed by atoms with E-state index in [0.717, 1.165) is 6.42 Å². The molecule has 0 radical (unpaired) electrons. The van der Waals surface area contributed by atoms with E-state index in [0.29, 0.717) is 6.54 Å². The summed E-state index contributed by atoms with van der Waals surface area (Å²) in [6, 6.07) is 10.1. The number of hydrogen-bond acceptors (Lipinski definition) is 2. The maximum Gasteiger partial charge on any atom is 0.284 e. The maximum atomic E-state index is 10.8. The van der Waals surface area contributed by atoms with Crippen molar-refractivity contribution in [1.82, 2.24) is 15.0 Å². The number of aromatic nitrogens is 3. The van der Waals surface area contributed by atoms with Crippen LogP contribution >= 0.6 is 0 Å². The Morgan fingerprint density at radius 2 is 2.07 bits per heavy atom. The van der Waals surface area contributed by atoms with Gasteiger partial charge in [0.2, 0.25) is 0 Å². The first kappa shape index (κ1) is 8.74. The Bertz CT molecular complexity index is 444. The Balaban J connectivity index is 1.98. The molecule has 0 aliphatic rings. The molecule has 0 unspecified atom stereocenters. The molecule has 4 nitrogen and oxygen atoms in total. The molecule has 1 aromatic carbocycles. The molecule has 1 N–H and O–H groups in total. The van der Waals surface area contributed by atoms with Crippen LogP contribution in [0.2, 0.25) is 0 Å². The van der Waals surface area contributed by atoms with Crippen LogP contribution in [0.4, 0.5) is 0 Å². The molecular weight excluding hydrogens is 178 g/mol. The number of nitrogens with zero attached hydrogens (tertiary/aromatic N) is 2. The maximum absolute atomic E-state index is 10.8. The van der Waals surface area contributed by atoms with E-state index in [4.69, 9.17) is 0 Å². The molecule has 72 valence electrons. The number of nitrogens with one attached hydrogen (secondary N) is 1. The number of aryl methyl sites for hydroxylation is 2. The van der Waals surface area contributed by atoms with Gasteiger partial charge in [0.25, 0.3) is 5.56 Å². The second-order valence-electron chi connectivity index (χ2n) is 3.08. The van der Waals surface area contributed by atoms with E-state index < -0.39 is 0 Å². The molecule has 0 saturated heterocycles. The topological polar surface area (TPSA) is 50.7 Å². The Kier molecular flexibility index (Phi) is 2.44. The molecule has 4 heteroatoms. The third-order valence-electron chi connectivity index (χ3n) is 2.01.